The van der Waals surface area contributed by atoms with E-state index < -0.39 is 0 Å². The highest BCUT2D eigenvalue weighted by Crippen LogP contribution is 2.25. The molecule has 1 aliphatic carbocycles. The Bertz CT molecular complexity index is 644. The second-order valence-electron chi connectivity index (χ2n) is 5.45. The van der Waals surface area contributed by atoms with Gasteiger partial charge in [0.15, 0.2) is 0 Å². The van der Waals surface area contributed by atoms with Crippen molar-refractivity contribution in [2.24, 2.45) is 0 Å². The summed E-state index contributed by atoms with van der Waals surface area (Å²) in [6.07, 6.45) is 6.36. The van der Waals surface area contributed by atoms with E-state index in [4.69, 9.17) is 9.05 Å². The standard InChI is InChI=1S/C15H19N3O3/c1-3-12-10(9-20-16-12)8-18(2)15(19)14-11-6-4-5-7-13(11)17-21-14/h9H,3-8H2,1-2H3. The fourth-order valence-corrected chi connectivity index (χ4v) is 2.76. The molecular formula is C15H19N3O3. The molecule has 0 aliphatic heterocycles. The third kappa shape index (κ3) is 2.57. The molecule has 2 heterocycles. The Balaban J connectivity index is 1.77. The predicted molar refractivity (Wildman–Crippen MR) is 74.8 cm³/mol. The summed E-state index contributed by atoms with van der Waals surface area (Å²) in [6, 6.07) is 0. The van der Waals surface area contributed by atoms with Crippen molar-refractivity contribution in [2.75, 3.05) is 7.05 Å². The molecule has 0 unspecified atom stereocenters. The van der Waals surface area contributed by atoms with Crippen LogP contribution in [-0.2, 0) is 25.8 Å². The summed E-state index contributed by atoms with van der Waals surface area (Å²) < 4.78 is 10.3. The van der Waals surface area contributed by atoms with Gasteiger partial charge in [-0.15, -0.1) is 0 Å². The van der Waals surface area contributed by atoms with Gasteiger partial charge in [-0.3, -0.25) is 4.79 Å². The third-order valence-electron chi connectivity index (χ3n) is 3.97. The van der Waals surface area contributed by atoms with E-state index in [9.17, 15) is 4.79 Å². The molecule has 3 rings (SSSR count). The zero-order chi connectivity index (χ0) is 14.8. The van der Waals surface area contributed by atoms with Gasteiger partial charge in [0, 0.05) is 18.2 Å². The largest absolute Gasteiger partial charge is 0.364 e. The lowest BCUT2D eigenvalue weighted by atomic mass is 9.96. The van der Waals surface area contributed by atoms with E-state index in [1.165, 1.54) is 0 Å². The first-order valence-corrected chi connectivity index (χ1v) is 7.35. The molecular weight excluding hydrogens is 270 g/mol. The number of fused-ring (bicyclic) bond motifs is 1. The highest BCUT2D eigenvalue weighted by Gasteiger charge is 2.26. The Kier molecular flexibility index (Phi) is 3.77. The van der Waals surface area contributed by atoms with Gasteiger partial charge in [0.2, 0.25) is 5.76 Å². The van der Waals surface area contributed by atoms with E-state index in [1.807, 2.05) is 6.92 Å². The lowest BCUT2D eigenvalue weighted by molar-refractivity contribution is 0.0741. The van der Waals surface area contributed by atoms with Crippen molar-refractivity contribution < 1.29 is 13.8 Å². The lowest BCUT2D eigenvalue weighted by Gasteiger charge is -2.16. The fourth-order valence-electron chi connectivity index (χ4n) is 2.76. The maximum atomic E-state index is 12.5. The Morgan fingerprint density at radius 2 is 2.14 bits per heavy atom. The average Bonchev–Trinajstić information content (AvgIpc) is 3.12. The van der Waals surface area contributed by atoms with Crippen LogP contribution in [0.4, 0.5) is 0 Å². The molecule has 2 aromatic heterocycles. The molecule has 1 aliphatic rings. The van der Waals surface area contributed by atoms with Gasteiger partial charge in [0.1, 0.15) is 6.26 Å². The van der Waals surface area contributed by atoms with Crippen LogP contribution in [0.25, 0.3) is 0 Å². The second kappa shape index (κ2) is 5.71. The quantitative estimate of drug-likeness (QED) is 0.864. The molecule has 6 heteroatoms. The van der Waals surface area contributed by atoms with E-state index >= 15 is 0 Å². The summed E-state index contributed by atoms with van der Waals surface area (Å²) >= 11 is 0. The fraction of sp³-hybridized carbons (Fsp3) is 0.533. The molecule has 0 fully saturated rings. The number of hydrogen-bond donors (Lipinski definition) is 0. The third-order valence-corrected chi connectivity index (χ3v) is 3.97. The maximum Gasteiger partial charge on any atom is 0.292 e. The summed E-state index contributed by atoms with van der Waals surface area (Å²) in [5.41, 5.74) is 3.74. The summed E-state index contributed by atoms with van der Waals surface area (Å²) in [5.74, 6) is 0.260. The van der Waals surface area contributed by atoms with Crippen molar-refractivity contribution in [3.8, 4) is 0 Å². The molecule has 21 heavy (non-hydrogen) atoms. The molecule has 0 atom stereocenters. The molecule has 0 saturated heterocycles. The van der Waals surface area contributed by atoms with E-state index in [0.717, 1.165) is 54.6 Å². The maximum absolute atomic E-state index is 12.5. The number of rotatable bonds is 4. The van der Waals surface area contributed by atoms with Crippen LogP contribution in [0.3, 0.4) is 0 Å². The first-order valence-electron chi connectivity index (χ1n) is 7.35. The molecule has 1 amide bonds. The van der Waals surface area contributed by atoms with Crippen LogP contribution in [0.5, 0.6) is 0 Å². The smallest absolute Gasteiger partial charge is 0.292 e. The van der Waals surface area contributed by atoms with Crippen LogP contribution in [0.1, 0.15) is 52.8 Å². The highest BCUT2D eigenvalue weighted by molar-refractivity contribution is 5.92. The van der Waals surface area contributed by atoms with Crippen molar-refractivity contribution in [3.05, 3.63) is 34.5 Å². The zero-order valence-electron chi connectivity index (χ0n) is 12.4. The number of carbonyl (C=O) groups is 1. The molecule has 112 valence electrons. The van der Waals surface area contributed by atoms with Crippen LogP contribution < -0.4 is 0 Å². The minimum Gasteiger partial charge on any atom is -0.364 e. The van der Waals surface area contributed by atoms with E-state index in [-0.39, 0.29) is 5.91 Å². The van der Waals surface area contributed by atoms with Gasteiger partial charge in [-0.05, 0) is 32.1 Å². The predicted octanol–water partition coefficient (Wildman–Crippen LogP) is 2.38. The Hall–Kier alpha value is -2.11. The van der Waals surface area contributed by atoms with Gasteiger partial charge in [-0.1, -0.05) is 17.2 Å². The summed E-state index contributed by atoms with van der Waals surface area (Å²) in [4.78, 5) is 14.2. The van der Waals surface area contributed by atoms with E-state index in [0.29, 0.717) is 12.3 Å². The molecule has 0 radical (unpaired) electrons. The lowest BCUT2D eigenvalue weighted by Crippen LogP contribution is -2.27. The SMILES string of the molecule is CCc1nocc1CN(C)C(=O)c1onc2c1CCCC2. The van der Waals surface area contributed by atoms with Crippen LogP contribution in [0, 0.1) is 0 Å². The number of carbonyl (C=O) groups excluding carboxylic acids is 1. The first-order chi connectivity index (χ1) is 10.2. The molecule has 6 nitrogen and oxygen atoms in total. The van der Waals surface area contributed by atoms with Crippen molar-refractivity contribution in [2.45, 2.75) is 45.6 Å². The molecule has 2 aromatic rings. The minimum atomic E-state index is -0.131. The Labute approximate surface area is 123 Å². The number of hydrogen-bond acceptors (Lipinski definition) is 5. The molecule has 0 saturated carbocycles. The Morgan fingerprint density at radius 3 is 2.95 bits per heavy atom. The average molecular weight is 289 g/mol. The first kappa shape index (κ1) is 13.9. The van der Waals surface area contributed by atoms with Gasteiger partial charge >= 0.3 is 0 Å². The topological polar surface area (TPSA) is 72.4 Å². The monoisotopic (exact) mass is 289 g/mol. The van der Waals surface area contributed by atoms with Crippen molar-refractivity contribution in [3.63, 3.8) is 0 Å². The molecule has 0 aromatic carbocycles. The van der Waals surface area contributed by atoms with Crippen molar-refractivity contribution in [1.82, 2.24) is 15.2 Å². The van der Waals surface area contributed by atoms with Gasteiger partial charge < -0.3 is 13.9 Å². The summed E-state index contributed by atoms with van der Waals surface area (Å²) in [7, 11) is 1.76. The minimum absolute atomic E-state index is 0.131. The van der Waals surface area contributed by atoms with Crippen LogP contribution in [0.2, 0.25) is 0 Å². The molecule has 0 spiro atoms. The van der Waals surface area contributed by atoms with Crippen molar-refractivity contribution >= 4 is 5.91 Å². The van der Waals surface area contributed by atoms with Gasteiger partial charge in [-0.2, -0.15) is 0 Å². The number of amides is 1. The zero-order valence-corrected chi connectivity index (χ0v) is 12.4. The molecule has 0 N–H and O–H groups in total. The van der Waals surface area contributed by atoms with Gasteiger partial charge in [0.05, 0.1) is 17.9 Å². The van der Waals surface area contributed by atoms with Crippen LogP contribution in [0.15, 0.2) is 15.3 Å². The van der Waals surface area contributed by atoms with Gasteiger partial charge in [0.25, 0.3) is 5.91 Å². The van der Waals surface area contributed by atoms with E-state index in [2.05, 4.69) is 10.3 Å². The number of nitrogens with zero attached hydrogens (tertiary/aromatic N) is 3. The Morgan fingerprint density at radius 1 is 1.33 bits per heavy atom. The van der Waals surface area contributed by atoms with Crippen LogP contribution >= 0.6 is 0 Å². The molecule has 0 bridgehead atoms. The van der Waals surface area contributed by atoms with Crippen LogP contribution in [-0.4, -0.2) is 28.2 Å². The second-order valence-corrected chi connectivity index (χ2v) is 5.45. The number of aromatic nitrogens is 2. The van der Waals surface area contributed by atoms with Gasteiger partial charge in [-0.25, -0.2) is 0 Å². The highest BCUT2D eigenvalue weighted by atomic mass is 16.5. The number of aryl methyl sites for hydroxylation is 2. The normalized spacial score (nSPS) is 14.0. The van der Waals surface area contributed by atoms with E-state index in [1.54, 1.807) is 18.2 Å². The summed E-state index contributed by atoms with van der Waals surface area (Å²) in [6.45, 7) is 2.47. The van der Waals surface area contributed by atoms with Crippen molar-refractivity contribution in [1.29, 1.82) is 0 Å². The summed E-state index contributed by atoms with van der Waals surface area (Å²) in [5, 5.41) is 7.97.